The highest BCUT2D eigenvalue weighted by molar-refractivity contribution is 7.98. The molecule has 0 bridgehead atoms. The second-order valence-electron chi connectivity index (χ2n) is 2.64. The maximum atomic E-state index is 5.54. The summed E-state index contributed by atoms with van der Waals surface area (Å²) in [5.74, 6) is 0.863. The van der Waals surface area contributed by atoms with Crippen molar-refractivity contribution in [3.8, 4) is 5.75 Å². The lowest BCUT2D eigenvalue weighted by Crippen LogP contribution is -1.81. The minimum atomic E-state index is 0.863. The molecule has 0 saturated heterocycles. The van der Waals surface area contributed by atoms with Crippen molar-refractivity contribution in [1.82, 2.24) is 0 Å². The number of hydrogen-bond acceptors (Lipinski definition) is 3. The van der Waals surface area contributed by atoms with E-state index in [4.69, 9.17) is 9.15 Å². The van der Waals surface area contributed by atoms with Crippen LogP contribution in [0.15, 0.2) is 33.8 Å². The molecule has 0 aliphatic heterocycles. The van der Waals surface area contributed by atoms with Gasteiger partial charge in [0.25, 0.3) is 0 Å². The Morgan fingerprint density at radius 1 is 1.38 bits per heavy atom. The van der Waals surface area contributed by atoms with Crippen LogP contribution in [0.5, 0.6) is 5.75 Å². The third kappa shape index (κ3) is 1.40. The molecule has 13 heavy (non-hydrogen) atoms. The Kier molecular flexibility index (Phi) is 2.19. The van der Waals surface area contributed by atoms with Crippen LogP contribution >= 0.6 is 11.8 Å². The van der Waals surface area contributed by atoms with Crippen molar-refractivity contribution in [2.75, 3.05) is 13.4 Å². The van der Waals surface area contributed by atoms with Gasteiger partial charge in [-0.05, 0) is 18.4 Å². The smallest absolute Gasteiger partial charge is 0.161 e. The first-order valence-corrected chi connectivity index (χ1v) is 5.18. The van der Waals surface area contributed by atoms with E-state index in [0.717, 1.165) is 21.8 Å². The maximum Gasteiger partial charge on any atom is 0.161 e. The van der Waals surface area contributed by atoms with E-state index in [1.807, 2.05) is 30.5 Å². The first-order chi connectivity index (χ1) is 6.35. The van der Waals surface area contributed by atoms with Crippen LogP contribution in [0.2, 0.25) is 0 Å². The van der Waals surface area contributed by atoms with Crippen molar-refractivity contribution in [3.05, 3.63) is 24.3 Å². The molecule has 2 aromatic rings. The topological polar surface area (TPSA) is 22.4 Å². The number of benzene rings is 1. The fourth-order valence-electron chi connectivity index (χ4n) is 1.29. The van der Waals surface area contributed by atoms with Gasteiger partial charge in [0.1, 0.15) is 11.3 Å². The summed E-state index contributed by atoms with van der Waals surface area (Å²) in [5.41, 5.74) is 0.878. The van der Waals surface area contributed by atoms with Crippen molar-refractivity contribution in [2.24, 2.45) is 0 Å². The van der Waals surface area contributed by atoms with Gasteiger partial charge in [-0.1, -0.05) is 17.8 Å². The highest BCUT2D eigenvalue weighted by Crippen LogP contribution is 2.31. The van der Waals surface area contributed by atoms with Crippen molar-refractivity contribution in [2.45, 2.75) is 5.09 Å². The Balaban J connectivity index is 2.67. The van der Waals surface area contributed by atoms with Crippen LogP contribution in [0.25, 0.3) is 11.0 Å². The molecule has 0 aliphatic carbocycles. The van der Waals surface area contributed by atoms with E-state index < -0.39 is 0 Å². The quantitative estimate of drug-likeness (QED) is 0.686. The summed E-state index contributed by atoms with van der Waals surface area (Å²) in [6.07, 6.45) is 1.99. The molecule has 2 nitrogen and oxygen atoms in total. The van der Waals surface area contributed by atoms with Gasteiger partial charge in [0.05, 0.1) is 12.5 Å². The lowest BCUT2D eigenvalue weighted by atomic mass is 10.2. The Hall–Kier alpha value is -1.09. The van der Waals surface area contributed by atoms with Gasteiger partial charge in [-0.2, -0.15) is 0 Å². The molecule has 1 aromatic heterocycles. The molecule has 1 aromatic carbocycles. The fourth-order valence-corrected chi connectivity index (χ4v) is 1.70. The molecule has 0 fully saturated rings. The number of methoxy groups -OCH3 is 1. The molecule has 0 saturated carbocycles. The van der Waals surface area contributed by atoms with Crippen molar-refractivity contribution >= 4 is 22.7 Å². The van der Waals surface area contributed by atoms with Crippen molar-refractivity contribution in [3.63, 3.8) is 0 Å². The normalized spacial score (nSPS) is 10.6. The van der Waals surface area contributed by atoms with Crippen molar-refractivity contribution < 1.29 is 9.15 Å². The summed E-state index contributed by atoms with van der Waals surface area (Å²) in [6, 6.07) is 7.80. The standard InChI is InChI=1S/C10H10O2S/c1-11-8-4-3-5-9-7(8)6-10(12-9)13-2/h3-6H,1-2H3. The van der Waals surface area contributed by atoms with Gasteiger partial charge in [-0.25, -0.2) is 0 Å². The van der Waals surface area contributed by atoms with Crippen LogP contribution < -0.4 is 4.74 Å². The third-order valence-electron chi connectivity index (χ3n) is 1.92. The summed E-state index contributed by atoms with van der Waals surface area (Å²) in [5, 5.41) is 1.95. The monoisotopic (exact) mass is 194 g/mol. The molecule has 0 spiro atoms. The van der Waals surface area contributed by atoms with Gasteiger partial charge in [-0.3, -0.25) is 0 Å². The number of fused-ring (bicyclic) bond motifs is 1. The summed E-state index contributed by atoms with van der Waals surface area (Å²) < 4.78 is 10.8. The Bertz CT molecular complexity index is 420. The van der Waals surface area contributed by atoms with Crippen molar-refractivity contribution in [1.29, 1.82) is 0 Å². The number of ether oxygens (including phenoxy) is 1. The summed E-state index contributed by atoms with van der Waals surface area (Å²) in [7, 11) is 1.67. The molecule has 3 heteroatoms. The molecule has 0 aliphatic rings. The molecule has 0 N–H and O–H groups in total. The van der Waals surface area contributed by atoms with Gasteiger partial charge in [-0.15, -0.1) is 0 Å². The van der Waals surface area contributed by atoms with Crippen LogP contribution in [-0.2, 0) is 0 Å². The SMILES string of the molecule is COc1cccc2oc(SC)cc12. The molecule has 0 radical (unpaired) electrons. The average Bonchev–Trinajstić information content (AvgIpc) is 2.59. The lowest BCUT2D eigenvalue weighted by molar-refractivity contribution is 0.419. The molecular formula is C10H10O2S. The number of thioether (sulfide) groups is 1. The van der Waals surface area contributed by atoms with E-state index in [1.165, 1.54) is 0 Å². The zero-order valence-electron chi connectivity index (χ0n) is 7.53. The largest absolute Gasteiger partial charge is 0.496 e. The molecular weight excluding hydrogens is 184 g/mol. The predicted molar refractivity (Wildman–Crippen MR) is 54.5 cm³/mol. The van der Waals surface area contributed by atoms with Crippen LogP contribution in [0.1, 0.15) is 0 Å². The summed E-state index contributed by atoms with van der Waals surface area (Å²) >= 11 is 1.59. The van der Waals surface area contributed by atoms with Crippen LogP contribution in [0.4, 0.5) is 0 Å². The third-order valence-corrected chi connectivity index (χ3v) is 2.52. The molecule has 2 rings (SSSR count). The minimum Gasteiger partial charge on any atom is -0.496 e. The Morgan fingerprint density at radius 3 is 2.92 bits per heavy atom. The molecule has 0 unspecified atom stereocenters. The van der Waals surface area contributed by atoms with E-state index in [9.17, 15) is 0 Å². The molecule has 1 heterocycles. The first kappa shape index (κ1) is 8.51. The van der Waals surface area contributed by atoms with Gasteiger partial charge in [0, 0.05) is 6.07 Å². The number of furan rings is 1. The van der Waals surface area contributed by atoms with Gasteiger partial charge < -0.3 is 9.15 Å². The fraction of sp³-hybridized carbons (Fsp3) is 0.200. The van der Waals surface area contributed by atoms with E-state index in [2.05, 4.69) is 0 Å². The maximum absolute atomic E-state index is 5.54. The Morgan fingerprint density at radius 2 is 2.23 bits per heavy atom. The molecule has 0 atom stereocenters. The highest BCUT2D eigenvalue weighted by Gasteiger charge is 2.06. The number of rotatable bonds is 2. The summed E-state index contributed by atoms with van der Waals surface area (Å²) in [6.45, 7) is 0. The average molecular weight is 194 g/mol. The predicted octanol–water partition coefficient (Wildman–Crippen LogP) is 3.16. The molecule has 0 amide bonds. The van der Waals surface area contributed by atoms with Crippen LogP contribution in [-0.4, -0.2) is 13.4 Å². The van der Waals surface area contributed by atoms with Gasteiger partial charge in [0.2, 0.25) is 0 Å². The zero-order valence-corrected chi connectivity index (χ0v) is 8.35. The van der Waals surface area contributed by atoms with E-state index in [1.54, 1.807) is 18.9 Å². The molecule has 68 valence electrons. The zero-order chi connectivity index (χ0) is 9.26. The first-order valence-electron chi connectivity index (χ1n) is 3.95. The van der Waals surface area contributed by atoms with Crippen LogP contribution in [0, 0.1) is 0 Å². The second kappa shape index (κ2) is 3.34. The lowest BCUT2D eigenvalue weighted by Gasteiger charge is -1.98. The highest BCUT2D eigenvalue weighted by atomic mass is 32.2. The second-order valence-corrected chi connectivity index (χ2v) is 3.45. The van der Waals surface area contributed by atoms with E-state index in [0.29, 0.717) is 0 Å². The van der Waals surface area contributed by atoms with Gasteiger partial charge >= 0.3 is 0 Å². The minimum absolute atomic E-state index is 0.863. The van der Waals surface area contributed by atoms with Crippen LogP contribution in [0.3, 0.4) is 0 Å². The van der Waals surface area contributed by atoms with E-state index in [-0.39, 0.29) is 0 Å². The van der Waals surface area contributed by atoms with Gasteiger partial charge in [0.15, 0.2) is 5.09 Å². The summed E-state index contributed by atoms with van der Waals surface area (Å²) in [4.78, 5) is 0. The van der Waals surface area contributed by atoms with E-state index >= 15 is 0 Å². The Labute approximate surface area is 80.9 Å². The number of hydrogen-bond donors (Lipinski definition) is 0.